The van der Waals surface area contributed by atoms with Gasteiger partial charge in [0.05, 0.1) is 6.10 Å². The molecule has 0 saturated carbocycles. The van der Waals surface area contributed by atoms with Crippen LogP contribution in [0.15, 0.2) is 24.3 Å². The van der Waals surface area contributed by atoms with Gasteiger partial charge in [-0.2, -0.15) is 0 Å². The lowest BCUT2D eigenvalue weighted by Crippen LogP contribution is -2.40. The van der Waals surface area contributed by atoms with E-state index in [9.17, 15) is 9.59 Å². The van der Waals surface area contributed by atoms with Crippen molar-refractivity contribution in [2.24, 2.45) is 0 Å². The van der Waals surface area contributed by atoms with Gasteiger partial charge in [0.2, 0.25) is 11.8 Å². The SMILES string of the molecule is Cc1ccccc1CN(CC1CCCO1)C(=O)CCN1CCCCCC1=O. The summed E-state index contributed by atoms with van der Waals surface area (Å²) < 4.78 is 5.77. The molecule has 1 aromatic carbocycles. The highest BCUT2D eigenvalue weighted by atomic mass is 16.5. The maximum absolute atomic E-state index is 13.0. The van der Waals surface area contributed by atoms with Gasteiger partial charge in [0.1, 0.15) is 0 Å². The second-order valence-corrected chi connectivity index (χ2v) is 7.78. The van der Waals surface area contributed by atoms with E-state index in [1.54, 1.807) is 0 Å². The van der Waals surface area contributed by atoms with Crippen LogP contribution >= 0.6 is 0 Å². The van der Waals surface area contributed by atoms with Crippen molar-refractivity contribution in [2.45, 2.75) is 64.5 Å². The fourth-order valence-electron chi connectivity index (χ4n) is 3.95. The number of carbonyl (C=O) groups excluding carboxylic acids is 2. The Hall–Kier alpha value is -1.88. The number of likely N-dealkylation sites (tertiary alicyclic amines) is 1. The van der Waals surface area contributed by atoms with Crippen molar-refractivity contribution in [2.75, 3.05) is 26.2 Å². The summed E-state index contributed by atoms with van der Waals surface area (Å²) in [5, 5.41) is 0. The molecule has 0 radical (unpaired) electrons. The lowest BCUT2D eigenvalue weighted by atomic mass is 10.1. The summed E-state index contributed by atoms with van der Waals surface area (Å²) in [5.41, 5.74) is 2.38. The van der Waals surface area contributed by atoms with Crippen molar-refractivity contribution < 1.29 is 14.3 Å². The Morgan fingerprint density at radius 2 is 2.07 bits per heavy atom. The Kier molecular flexibility index (Phi) is 7.27. The monoisotopic (exact) mass is 372 g/mol. The first kappa shape index (κ1) is 19.9. The lowest BCUT2D eigenvalue weighted by Gasteiger charge is -2.28. The molecule has 1 aromatic rings. The molecule has 0 bridgehead atoms. The van der Waals surface area contributed by atoms with Gasteiger partial charge in [-0.25, -0.2) is 0 Å². The molecule has 0 spiro atoms. The molecule has 2 amide bonds. The molecule has 1 atom stereocenters. The molecule has 2 aliphatic rings. The zero-order chi connectivity index (χ0) is 19.1. The molecule has 0 aromatic heterocycles. The number of amides is 2. The summed E-state index contributed by atoms with van der Waals surface area (Å²) in [6, 6.07) is 8.21. The van der Waals surface area contributed by atoms with Crippen molar-refractivity contribution in [1.29, 1.82) is 0 Å². The van der Waals surface area contributed by atoms with Crippen molar-refractivity contribution in [3.63, 3.8) is 0 Å². The van der Waals surface area contributed by atoms with Crippen molar-refractivity contribution in [1.82, 2.24) is 9.80 Å². The third-order valence-electron chi connectivity index (χ3n) is 5.69. The quantitative estimate of drug-likeness (QED) is 0.738. The molecule has 2 heterocycles. The maximum atomic E-state index is 13.0. The molecule has 2 fully saturated rings. The molecular formula is C22H32N2O3. The zero-order valence-electron chi connectivity index (χ0n) is 16.5. The van der Waals surface area contributed by atoms with Gasteiger partial charge in [0, 0.05) is 45.6 Å². The topological polar surface area (TPSA) is 49.9 Å². The van der Waals surface area contributed by atoms with Crippen LogP contribution in [-0.4, -0.2) is 54.0 Å². The molecule has 5 nitrogen and oxygen atoms in total. The van der Waals surface area contributed by atoms with Gasteiger partial charge in [-0.1, -0.05) is 30.7 Å². The highest BCUT2D eigenvalue weighted by Crippen LogP contribution is 2.18. The standard InChI is InChI=1S/C22H32N2O3/c1-18-8-4-5-9-19(18)16-24(17-20-10-7-15-27-20)22(26)12-14-23-13-6-2-3-11-21(23)25/h4-5,8-9,20H,2-3,6-7,10-17H2,1H3. The summed E-state index contributed by atoms with van der Waals surface area (Å²) in [6.45, 7) is 5.45. The van der Waals surface area contributed by atoms with Crippen LogP contribution in [0.1, 0.15) is 56.1 Å². The first-order valence-corrected chi connectivity index (χ1v) is 10.3. The van der Waals surface area contributed by atoms with Gasteiger partial charge in [0.25, 0.3) is 0 Å². The second-order valence-electron chi connectivity index (χ2n) is 7.78. The molecule has 27 heavy (non-hydrogen) atoms. The van der Waals surface area contributed by atoms with Crippen LogP contribution in [0.2, 0.25) is 0 Å². The minimum Gasteiger partial charge on any atom is -0.376 e. The third-order valence-corrected chi connectivity index (χ3v) is 5.69. The van der Waals surface area contributed by atoms with Crippen molar-refractivity contribution in [3.05, 3.63) is 35.4 Å². The molecule has 2 aliphatic heterocycles. The second kappa shape index (κ2) is 9.88. The minimum absolute atomic E-state index is 0.116. The van der Waals surface area contributed by atoms with Crippen LogP contribution in [0.3, 0.4) is 0 Å². The summed E-state index contributed by atoms with van der Waals surface area (Å²) in [5.74, 6) is 0.315. The molecule has 1 unspecified atom stereocenters. The molecule has 0 aliphatic carbocycles. The van der Waals surface area contributed by atoms with Gasteiger partial charge >= 0.3 is 0 Å². The largest absolute Gasteiger partial charge is 0.376 e. The molecule has 5 heteroatoms. The number of rotatable bonds is 7. The molecular weight excluding hydrogens is 340 g/mol. The normalized spacial score (nSPS) is 20.6. The van der Waals surface area contributed by atoms with Crippen LogP contribution < -0.4 is 0 Å². The Morgan fingerprint density at radius 3 is 2.85 bits per heavy atom. The van der Waals surface area contributed by atoms with Crippen molar-refractivity contribution in [3.8, 4) is 0 Å². The van der Waals surface area contributed by atoms with Crippen LogP contribution in [0.4, 0.5) is 0 Å². The Balaban J connectivity index is 1.62. The highest BCUT2D eigenvalue weighted by Gasteiger charge is 2.24. The van der Waals surface area contributed by atoms with Crippen LogP contribution in [-0.2, 0) is 20.9 Å². The number of nitrogens with zero attached hydrogens (tertiary/aromatic N) is 2. The number of benzene rings is 1. The van der Waals surface area contributed by atoms with Gasteiger partial charge in [-0.15, -0.1) is 0 Å². The van der Waals surface area contributed by atoms with Gasteiger partial charge in [-0.3, -0.25) is 9.59 Å². The number of carbonyl (C=O) groups is 2. The molecule has 0 N–H and O–H groups in total. The van der Waals surface area contributed by atoms with E-state index in [1.165, 1.54) is 11.1 Å². The predicted molar refractivity (Wildman–Crippen MR) is 105 cm³/mol. The highest BCUT2D eigenvalue weighted by molar-refractivity contribution is 5.79. The van der Waals surface area contributed by atoms with E-state index < -0.39 is 0 Å². The number of aryl methyl sites for hydroxylation is 1. The summed E-state index contributed by atoms with van der Waals surface area (Å²) >= 11 is 0. The first-order valence-electron chi connectivity index (χ1n) is 10.3. The van der Waals surface area contributed by atoms with E-state index in [2.05, 4.69) is 19.1 Å². The smallest absolute Gasteiger partial charge is 0.224 e. The number of ether oxygens (including phenoxy) is 1. The lowest BCUT2D eigenvalue weighted by molar-refractivity contribution is -0.135. The van der Waals surface area contributed by atoms with E-state index in [0.29, 0.717) is 32.5 Å². The van der Waals surface area contributed by atoms with E-state index in [0.717, 1.165) is 45.3 Å². The van der Waals surface area contributed by atoms with E-state index in [4.69, 9.17) is 4.74 Å². The average Bonchev–Trinajstić information content (AvgIpc) is 3.09. The van der Waals surface area contributed by atoms with Crippen LogP contribution in [0.25, 0.3) is 0 Å². The van der Waals surface area contributed by atoms with Gasteiger partial charge in [0.15, 0.2) is 0 Å². The Labute approximate surface area is 162 Å². The number of hydrogen-bond donors (Lipinski definition) is 0. The number of hydrogen-bond acceptors (Lipinski definition) is 3. The molecule has 148 valence electrons. The summed E-state index contributed by atoms with van der Waals surface area (Å²) in [4.78, 5) is 29.0. The van der Waals surface area contributed by atoms with Crippen LogP contribution in [0, 0.1) is 6.92 Å². The molecule has 2 saturated heterocycles. The minimum atomic E-state index is 0.116. The third kappa shape index (κ3) is 5.80. The van der Waals surface area contributed by atoms with Crippen LogP contribution in [0.5, 0.6) is 0 Å². The maximum Gasteiger partial charge on any atom is 0.224 e. The van der Waals surface area contributed by atoms with E-state index >= 15 is 0 Å². The van der Waals surface area contributed by atoms with E-state index in [-0.39, 0.29) is 17.9 Å². The Bertz CT molecular complexity index is 640. The fourth-order valence-corrected chi connectivity index (χ4v) is 3.95. The fraction of sp³-hybridized carbons (Fsp3) is 0.636. The average molecular weight is 373 g/mol. The van der Waals surface area contributed by atoms with Crippen molar-refractivity contribution >= 4 is 11.8 Å². The zero-order valence-corrected chi connectivity index (χ0v) is 16.5. The Morgan fingerprint density at radius 1 is 1.22 bits per heavy atom. The van der Waals surface area contributed by atoms with Gasteiger partial charge in [-0.05, 0) is 43.7 Å². The first-order chi connectivity index (χ1) is 13.1. The summed E-state index contributed by atoms with van der Waals surface area (Å²) in [7, 11) is 0. The van der Waals surface area contributed by atoms with Gasteiger partial charge < -0.3 is 14.5 Å². The predicted octanol–water partition coefficient (Wildman–Crippen LogP) is 3.30. The summed E-state index contributed by atoms with van der Waals surface area (Å²) in [6.07, 6.45) is 6.36. The van der Waals surface area contributed by atoms with E-state index in [1.807, 2.05) is 21.9 Å². The molecule has 3 rings (SSSR count).